The van der Waals surface area contributed by atoms with Crippen LogP contribution in [0.25, 0.3) is 0 Å². The molecule has 0 heterocycles. The van der Waals surface area contributed by atoms with Crippen molar-refractivity contribution in [3.05, 3.63) is 29.3 Å². The molecular formula is C10H12N2O2. The Balaban J connectivity index is 0.000000791. The SMILES string of the molecule is CC.N#Cc1ccc(N)c(C(=O)O)c1. The summed E-state index contributed by atoms with van der Waals surface area (Å²) in [5.41, 5.74) is 5.78. The number of nitrogen functional groups attached to an aromatic ring is 1. The molecule has 3 N–H and O–H groups in total. The second kappa shape index (κ2) is 5.60. The van der Waals surface area contributed by atoms with Gasteiger partial charge in [0, 0.05) is 5.69 Å². The van der Waals surface area contributed by atoms with E-state index in [-0.39, 0.29) is 11.3 Å². The Bertz CT molecular complexity index is 367. The highest BCUT2D eigenvalue weighted by Crippen LogP contribution is 2.13. The zero-order chi connectivity index (χ0) is 11.1. The Morgan fingerprint density at radius 2 is 2.07 bits per heavy atom. The lowest BCUT2D eigenvalue weighted by molar-refractivity contribution is 0.0698. The molecule has 4 nitrogen and oxygen atoms in total. The molecule has 0 atom stereocenters. The maximum atomic E-state index is 10.5. The topological polar surface area (TPSA) is 87.1 Å². The van der Waals surface area contributed by atoms with Gasteiger partial charge in [-0.1, -0.05) is 13.8 Å². The van der Waals surface area contributed by atoms with Crippen molar-refractivity contribution in [3.8, 4) is 6.07 Å². The molecule has 4 heteroatoms. The molecule has 0 aliphatic rings. The molecule has 0 bridgehead atoms. The lowest BCUT2D eigenvalue weighted by Crippen LogP contribution is -2.02. The number of benzene rings is 1. The Morgan fingerprint density at radius 3 is 2.50 bits per heavy atom. The van der Waals surface area contributed by atoms with E-state index in [1.807, 2.05) is 19.9 Å². The van der Waals surface area contributed by atoms with Crippen LogP contribution in [0.2, 0.25) is 0 Å². The average molecular weight is 192 g/mol. The van der Waals surface area contributed by atoms with Crippen LogP contribution in [0, 0.1) is 11.3 Å². The highest BCUT2D eigenvalue weighted by Gasteiger charge is 2.07. The lowest BCUT2D eigenvalue weighted by Gasteiger charge is -1.98. The van der Waals surface area contributed by atoms with Crippen molar-refractivity contribution in [1.29, 1.82) is 5.26 Å². The first-order valence-corrected chi connectivity index (χ1v) is 4.18. The van der Waals surface area contributed by atoms with E-state index in [1.165, 1.54) is 18.2 Å². The second-order valence-corrected chi connectivity index (χ2v) is 2.22. The summed E-state index contributed by atoms with van der Waals surface area (Å²) in [6, 6.07) is 5.96. The maximum absolute atomic E-state index is 10.5. The van der Waals surface area contributed by atoms with Gasteiger partial charge in [-0.2, -0.15) is 5.26 Å². The fourth-order valence-corrected chi connectivity index (χ4v) is 0.811. The number of nitriles is 1. The fraction of sp³-hybridized carbons (Fsp3) is 0.200. The smallest absolute Gasteiger partial charge is 0.337 e. The summed E-state index contributed by atoms with van der Waals surface area (Å²) >= 11 is 0. The van der Waals surface area contributed by atoms with E-state index in [0.29, 0.717) is 5.56 Å². The van der Waals surface area contributed by atoms with Gasteiger partial charge >= 0.3 is 5.97 Å². The number of hydrogen-bond donors (Lipinski definition) is 2. The van der Waals surface area contributed by atoms with Crippen molar-refractivity contribution in [1.82, 2.24) is 0 Å². The van der Waals surface area contributed by atoms with Crippen LogP contribution in [-0.4, -0.2) is 11.1 Å². The van der Waals surface area contributed by atoms with Gasteiger partial charge in [-0.25, -0.2) is 4.79 Å². The number of hydrogen-bond acceptors (Lipinski definition) is 3. The third kappa shape index (κ3) is 2.79. The third-order valence-corrected chi connectivity index (χ3v) is 1.41. The minimum absolute atomic E-state index is 0.0333. The van der Waals surface area contributed by atoms with Crippen molar-refractivity contribution in [2.24, 2.45) is 0 Å². The van der Waals surface area contributed by atoms with E-state index in [1.54, 1.807) is 0 Å². The summed E-state index contributed by atoms with van der Waals surface area (Å²) in [5, 5.41) is 17.0. The third-order valence-electron chi connectivity index (χ3n) is 1.41. The van der Waals surface area contributed by atoms with Crippen molar-refractivity contribution >= 4 is 11.7 Å². The van der Waals surface area contributed by atoms with Crippen LogP contribution in [0.1, 0.15) is 29.8 Å². The van der Waals surface area contributed by atoms with E-state index in [2.05, 4.69) is 0 Å². The predicted octanol–water partition coefficient (Wildman–Crippen LogP) is 1.86. The molecule has 1 aromatic rings. The van der Waals surface area contributed by atoms with Crippen LogP contribution in [0.3, 0.4) is 0 Å². The molecule has 14 heavy (non-hydrogen) atoms. The molecule has 0 aliphatic carbocycles. The maximum Gasteiger partial charge on any atom is 0.337 e. The molecule has 0 aliphatic heterocycles. The van der Waals surface area contributed by atoms with Crippen LogP contribution >= 0.6 is 0 Å². The quantitative estimate of drug-likeness (QED) is 0.665. The van der Waals surface area contributed by atoms with Gasteiger partial charge < -0.3 is 10.8 Å². The van der Waals surface area contributed by atoms with Gasteiger partial charge in [0.1, 0.15) is 0 Å². The summed E-state index contributed by atoms with van der Waals surface area (Å²) < 4.78 is 0. The number of anilines is 1. The Kier molecular flexibility index (Phi) is 4.79. The molecule has 0 fully saturated rings. The molecule has 0 saturated carbocycles. The molecule has 0 radical (unpaired) electrons. The first-order chi connectivity index (χ1) is 6.65. The van der Waals surface area contributed by atoms with Crippen molar-refractivity contribution < 1.29 is 9.90 Å². The Labute approximate surface area is 82.6 Å². The van der Waals surface area contributed by atoms with E-state index >= 15 is 0 Å². The van der Waals surface area contributed by atoms with Gasteiger partial charge in [-0.3, -0.25) is 0 Å². The monoisotopic (exact) mass is 192 g/mol. The van der Waals surface area contributed by atoms with Gasteiger partial charge in [-0.15, -0.1) is 0 Å². The summed E-state index contributed by atoms with van der Waals surface area (Å²) in [4.78, 5) is 10.5. The summed E-state index contributed by atoms with van der Waals surface area (Å²) in [6.07, 6.45) is 0. The van der Waals surface area contributed by atoms with Gasteiger partial charge in [-0.05, 0) is 18.2 Å². The molecule has 1 rings (SSSR count). The number of nitrogens with zero attached hydrogens (tertiary/aromatic N) is 1. The first kappa shape index (κ1) is 12.0. The number of carboxylic acid groups (broad SMARTS) is 1. The molecule has 0 saturated heterocycles. The predicted molar refractivity (Wildman–Crippen MR) is 53.9 cm³/mol. The fourth-order valence-electron chi connectivity index (χ4n) is 0.811. The largest absolute Gasteiger partial charge is 0.478 e. The number of carbonyl (C=O) groups is 1. The number of rotatable bonds is 1. The molecule has 74 valence electrons. The standard InChI is InChI=1S/C8H6N2O2.C2H6/c9-4-5-1-2-7(10)6(3-5)8(11)12;1-2/h1-3H,10H2,(H,11,12);1-2H3. The van der Waals surface area contributed by atoms with Crippen molar-refractivity contribution in [3.63, 3.8) is 0 Å². The van der Waals surface area contributed by atoms with Crippen LogP contribution < -0.4 is 5.73 Å². The molecule has 1 aromatic carbocycles. The molecule has 0 amide bonds. The summed E-state index contributed by atoms with van der Waals surface area (Å²) in [5.74, 6) is -1.12. The van der Waals surface area contributed by atoms with Gasteiger partial charge in [0.15, 0.2) is 0 Å². The Hall–Kier alpha value is -2.02. The van der Waals surface area contributed by atoms with Crippen LogP contribution in [0.5, 0.6) is 0 Å². The zero-order valence-electron chi connectivity index (χ0n) is 8.11. The highest BCUT2D eigenvalue weighted by atomic mass is 16.4. The molecule has 0 spiro atoms. The molecule has 0 aromatic heterocycles. The van der Waals surface area contributed by atoms with Crippen molar-refractivity contribution in [2.45, 2.75) is 13.8 Å². The normalized spacial score (nSPS) is 8.07. The Morgan fingerprint density at radius 1 is 1.50 bits per heavy atom. The van der Waals surface area contributed by atoms with E-state index in [0.717, 1.165) is 0 Å². The zero-order valence-corrected chi connectivity index (χ0v) is 8.11. The lowest BCUT2D eigenvalue weighted by atomic mass is 10.1. The van der Waals surface area contributed by atoms with E-state index in [4.69, 9.17) is 16.1 Å². The molecule has 0 unspecified atom stereocenters. The van der Waals surface area contributed by atoms with Crippen LogP contribution in [-0.2, 0) is 0 Å². The van der Waals surface area contributed by atoms with Crippen LogP contribution in [0.15, 0.2) is 18.2 Å². The van der Waals surface area contributed by atoms with E-state index < -0.39 is 5.97 Å². The average Bonchev–Trinajstić information content (AvgIpc) is 2.21. The van der Waals surface area contributed by atoms with Crippen molar-refractivity contribution in [2.75, 3.05) is 5.73 Å². The minimum atomic E-state index is -1.12. The number of nitrogens with two attached hydrogens (primary N) is 1. The second-order valence-electron chi connectivity index (χ2n) is 2.22. The summed E-state index contributed by atoms with van der Waals surface area (Å²) in [7, 11) is 0. The van der Waals surface area contributed by atoms with Gasteiger partial charge in [0.25, 0.3) is 0 Å². The van der Waals surface area contributed by atoms with Crippen LogP contribution in [0.4, 0.5) is 5.69 Å². The van der Waals surface area contributed by atoms with E-state index in [9.17, 15) is 4.79 Å². The van der Waals surface area contributed by atoms with Gasteiger partial charge in [0.2, 0.25) is 0 Å². The molecular weight excluding hydrogens is 180 g/mol. The number of carboxylic acids is 1. The summed E-state index contributed by atoms with van der Waals surface area (Å²) in [6.45, 7) is 4.00. The van der Waals surface area contributed by atoms with Gasteiger partial charge in [0.05, 0.1) is 17.2 Å². The first-order valence-electron chi connectivity index (χ1n) is 4.18. The minimum Gasteiger partial charge on any atom is -0.478 e. The highest BCUT2D eigenvalue weighted by molar-refractivity contribution is 5.93. The number of aromatic carboxylic acids is 1.